The van der Waals surface area contributed by atoms with Crippen LogP contribution in [-0.4, -0.2) is 120 Å². The van der Waals surface area contributed by atoms with Crippen LogP contribution in [0.15, 0.2) is 267 Å². The predicted octanol–water partition coefficient (Wildman–Crippen LogP) is 21.5. The zero-order valence-corrected chi connectivity index (χ0v) is 79.0. The standard InChI is InChI=1S/C27H25ClN2O5.2C25H21ClN2O5.C20H23NO4.C7H4ClNO.ClH/c1-3-33-26(31)21-14-19-18(15-30(21)27-29-24-20(28)10-7-11-22(24)35-27)12-13-23(32-2)25(19)34-16-17-8-5-4-6-9-17;2*1-31-21-11-10-16-13-28(25-27-22-18(26)8-5-9-20(22)33-25)19(24(29)30)12-17(16)23(21)32-14-15-6-3-2-4-7-15;1-3-24-20(22)17-11-16-15(12-21-17)9-10-18(23-2)19(16)25-13-14-7-5-4-6-8-14;8-5-2-1-3-6-7(5)9-4-10-6;/h4-13,21H,3,14-16H2,1-2H3;2*2-11,19H,12-14H2,1H3,(H,29,30);4-10,17,21H,3,11-13H2,1-2H3;1-4H;1H. The number of aromatic nitrogens is 4. The molecule has 20 rings (SSSR count). The number of halogens is 5. The molecule has 0 radical (unpaired) electrons. The number of rotatable bonds is 25. The third-order valence-electron chi connectivity index (χ3n) is 23.2. The van der Waals surface area contributed by atoms with Crippen molar-refractivity contribution in [3.05, 3.63) is 336 Å². The third-order valence-corrected chi connectivity index (χ3v) is 24.4. The van der Waals surface area contributed by atoms with Crippen molar-refractivity contribution in [2.75, 3.05) is 56.4 Å². The molecule has 4 atom stereocenters. The van der Waals surface area contributed by atoms with Crippen LogP contribution in [0.5, 0.6) is 46.0 Å². The number of fused-ring (bicyclic) bond motifs is 8. The third kappa shape index (κ3) is 22.4. The molecule has 4 unspecified atom stereocenters. The van der Waals surface area contributed by atoms with Gasteiger partial charge in [0.1, 0.15) is 72.7 Å². The number of carbonyl (C=O) groups excluding carboxylic acids is 2. The fourth-order valence-corrected chi connectivity index (χ4v) is 17.3. The average molecular weight is 1950 g/mol. The van der Waals surface area contributed by atoms with E-state index in [2.05, 4.69) is 25.3 Å². The molecule has 0 spiro atoms. The maximum Gasteiger partial charge on any atom is 0.329 e. The average Bonchev–Trinajstić information content (AvgIpc) is 1.72. The van der Waals surface area contributed by atoms with E-state index in [4.69, 9.17) is 111 Å². The van der Waals surface area contributed by atoms with Gasteiger partial charge in [0.25, 0.3) is 18.0 Å². The molecule has 0 saturated heterocycles. The summed E-state index contributed by atoms with van der Waals surface area (Å²) in [7, 11) is 6.38. The van der Waals surface area contributed by atoms with Gasteiger partial charge in [-0.1, -0.05) is 216 Å². The Labute approximate surface area is 814 Å². The largest absolute Gasteiger partial charge is 0.493 e. The van der Waals surface area contributed by atoms with Crippen molar-refractivity contribution in [2.24, 2.45) is 0 Å². The molecule has 706 valence electrons. The second-order valence-electron chi connectivity index (χ2n) is 31.6. The molecule has 0 saturated carbocycles. The molecule has 12 aromatic carbocycles. The fourth-order valence-electron chi connectivity index (χ4n) is 16.4. The van der Waals surface area contributed by atoms with Gasteiger partial charge in [-0.3, -0.25) is 4.79 Å². The van der Waals surface area contributed by atoms with Crippen molar-refractivity contribution in [1.29, 1.82) is 0 Å². The summed E-state index contributed by atoms with van der Waals surface area (Å²) in [5.41, 5.74) is 16.2. The zero-order chi connectivity index (χ0) is 94.9. The van der Waals surface area contributed by atoms with Gasteiger partial charge in [0.05, 0.1) is 61.7 Å². The van der Waals surface area contributed by atoms with Crippen LogP contribution in [0.1, 0.15) is 80.6 Å². The summed E-state index contributed by atoms with van der Waals surface area (Å²) < 4.78 is 80.1. The number of carboxylic acids is 2. The fraction of sp³-hybridized carbons (Fsp3) is 0.231. The predicted molar refractivity (Wildman–Crippen MR) is 522 cm³/mol. The molecule has 4 aliphatic rings. The summed E-state index contributed by atoms with van der Waals surface area (Å²) in [5, 5.41) is 25.3. The molecule has 16 aromatic rings. The first-order valence-corrected chi connectivity index (χ1v) is 45.2. The van der Waals surface area contributed by atoms with Gasteiger partial charge in [0.15, 0.2) is 74.7 Å². The molecule has 8 heterocycles. The minimum absolute atomic E-state index is 0. The van der Waals surface area contributed by atoms with Crippen LogP contribution in [0.2, 0.25) is 20.1 Å². The highest BCUT2D eigenvalue weighted by Crippen LogP contribution is 2.46. The normalized spacial score (nSPS) is 14.9. The molecule has 137 heavy (non-hydrogen) atoms. The van der Waals surface area contributed by atoms with Gasteiger partial charge < -0.3 is 95.3 Å². The first kappa shape index (κ1) is 97.2. The molecule has 4 aliphatic heterocycles. The number of carboxylic acid groups (broad SMARTS) is 2. The van der Waals surface area contributed by atoms with E-state index in [1.54, 1.807) is 106 Å². The summed E-state index contributed by atoms with van der Waals surface area (Å²) in [6.07, 6.45) is 2.67. The van der Waals surface area contributed by atoms with Crippen LogP contribution in [0.3, 0.4) is 0 Å². The number of benzene rings is 12. The molecule has 0 bridgehead atoms. The van der Waals surface area contributed by atoms with Gasteiger partial charge >= 0.3 is 23.9 Å². The van der Waals surface area contributed by atoms with Crippen LogP contribution in [0, 0.1) is 0 Å². The van der Waals surface area contributed by atoms with Crippen LogP contribution in [0.4, 0.5) is 18.0 Å². The number of esters is 2. The highest BCUT2D eigenvalue weighted by Gasteiger charge is 2.42. The molecule has 0 aliphatic carbocycles. The number of nitrogens with zero attached hydrogens (tertiary/aromatic N) is 7. The number of anilines is 3. The molecule has 0 fully saturated rings. The van der Waals surface area contributed by atoms with E-state index in [-0.39, 0.29) is 61.9 Å². The van der Waals surface area contributed by atoms with Gasteiger partial charge in [-0.2, -0.15) is 15.0 Å². The summed E-state index contributed by atoms with van der Waals surface area (Å²) in [4.78, 5) is 72.3. The van der Waals surface area contributed by atoms with Gasteiger partial charge in [-0.05, 0) is 131 Å². The van der Waals surface area contributed by atoms with Crippen LogP contribution in [-0.2, 0) is 107 Å². The minimum atomic E-state index is -0.981. The van der Waals surface area contributed by atoms with E-state index in [1.807, 2.05) is 194 Å². The second kappa shape index (κ2) is 45.3. The maximum atomic E-state index is 13.1. The van der Waals surface area contributed by atoms with Crippen LogP contribution in [0.25, 0.3) is 44.4 Å². The Morgan fingerprint density at radius 2 is 0.679 bits per heavy atom. The number of hydrogen-bond donors (Lipinski definition) is 3. The summed E-state index contributed by atoms with van der Waals surface area (Å²) in [6, 6.07) is 74.0. The Bertz CT molecular complexity index is 6710. The number of methoxy groups -OCH3 is 4. The van der Waals surface area contributed by atoms with E-state index in [9.17, 15) is 29.4 Å². The van der Waals surface area contributed by atoms with E-state index < -0.39 is 30.1 Å². The van der Waals surface area contributed by atoms with Gasteiger partial charge in [-0.15, -0.1) is 12.4 Å². The zero-order valence-electron chi connectivity index (χ0n) is 75.2. The number of carbonyl (C=O) groups is 4. The summed E-state index contributed by atoms with van der Waals surface area (Å²) in [6.45, 7) is 7.34. The molecule has 28 nitrogen and oxygen atoms in total. The van der Waals surface area contributed by atoms with E-state index in [0.717, 1.165) is 77.9 Å². The van der Waals surface area contributed by atoms with Gasteiger partial charge in [-0.25, -0.2) is 19.4 Å². The summed E-state index contributed by atoms with van der Waals surface area (Å²) >= 11 is 24.6. The first-order chi connectivity index (χ1) is 66.3. The number of aliphatic carboxylic acids is 2. The number of oxazole rings is 4. The van der Waals surface area contributed by atoms with Crippen molar-refractivity contribution in [1.82, 2.24) is 25.3 Å². The van der Waals surface area contributed by atoms with Gasteiger partial charge in [0, 0.05) is 74.1 Å². The molecule has 4 aromatic heterocycles. The Balaban J connectivity index is 0.000000134. The lowest BCUT2D eigenvalue weighted by Gasteiger charge is -2.35. The Hall–Kier alpha value is -14.4. The van der Waals surface area contributed by atoms with Crippen molar-refractivity contribution in [3.8, 4) is 46.0 Å². The van der Waals surface area contributed by atoms with E-state index >= 15 is 0 Å². The summed E-state index contributed by atoms with van der Waals surface area (Å²) in [5.74, 6) is 2.33. The lowest BCUT2D eigenvalue weighted by atomic mass is 9.92. The maximum absolute atomic E-state index is 13.1. The van der Waals surface area contributed by atoms with E-state index in [0.29, 0.717) is 177 Å². The Morgan fingerprint density at radius 1 is 0.372 bits per heavy atom. The van der Waals surface area contributed by atoms with Gasteiger partial charge in [0.2, 0.25) is 0 Å². The van der Waals surface area contributed by atoms with Crippen LogP contribution < -0.4 is 57.9 Å². The monoisotopic (exact) mass is 1950 g/mol. The number of para-hydroxylation sites is 4. The highest BCUT2D eigenvalue weighted by molar-refractivity contribution is 6.36. The molecule has 33 heteroatoms. The second-order valence-corrected chi connectivity index (χ2v) is 33.2. The molecule has 0 amide bonds. The SMILES string of the molecule is CCOC(=O)C1Cc2c(ccc(OC)c2OCc2ccccc2)CN1.CCOC(=O)C1Cc2c(ccc(OC)c2OCc2ccccc2)CN1c1nc2c(Cl)cccc2o1.COc1ccc2c(c1OCc1ccccc1)CC(C(=O)O)N(c1nc3c(Cl)cccc3o1)C2.COc1ccc2c(c1OCc1ccccc1)CC(C(=O)O)N(c1nc3c(Cl)cccc3o1)C2.Cl.Clc1cccc2ocnc12. The smallest absolute Gasteiger partial charge is 0.329 e. The minimum Gasteiger partial charge on any atom is -0.493 e. The van der Waals surface area contributed by atoms with Crippen LogP contribution >= 0.6 is 58.8 Å². The van der Waals surface area contributed by atoms with Crippen molar-refractivity contribution in [2.45, 2.75) is 116 Å². The lowest BCUT2D eigenvalue weighted by molar-refractivity contribution is -0.146. The Morgan fingerprint density at radius 3 is 1.00 bits per heavy atom. The number of nitrogens with one attached hydrogen (secondary N) is 1. The molecule has 3 N–H and O–H groups in total. The number of hydrogen-bond acceptors (Lipinski definition) is 26. The molecular weight excluding hydrogens is 1860 g/mol. The Kier molecular flexibility index (Phi) is 32.1. The first-order valence-electron chi connectivity index (χ1n) is 43.7. The quantitative estimate of drug-likeness (QED) is 0.0448. The topological polar surface area (TPSA) is 327 Å². The van der Waals surface area contributed by atoms with Crippen molar-refractivity contribution in [3.63, 3.8) is 0 Å². The number of ether oxygens (including phenoxy) is 10. The molecular formula is C104H95Cl5N8O20. The van der Waals surface area contributed by atoms with Crippen molar-refractivity contribution >= 4 is 145 Å². The van der Waals surface area contributed by atoms with Crippen molar-refractivity contribution < 1.29 is 94.4 Å². The van der Waals surface area contributed by atoms with E-state index in [1.165, 1.54) is 6.39 Å². The lowest BCUT2D eigenvalue weighted by Crippen LogP contribution is -2.47. The highest BCUT2D eigenvalue weighted by atomic mass is 35.5.